The maximum atomic E-state index is 11.9. The zero-order valence-electron chi connectivity index (χ0n) is 14.0. The molecule has 1 aliphatic heterocycles. The molecule has 0 aromatic heterocycles. The minimum atomic E-state index is -0.608. The van der Waals surface area contributed by atoms with E-state index >= 15 is 0 Å². The molecule has 2 rings (SSSR count). The maximum Gasteiger partial charge on any atom is 0.408 e. The highest BCUT2D eigenvalue weighted by atomic mass is 32.1. The summed E-state index contributed by atoms with van der Waals surface area (Å²) in [6, 6.07) is 4.27. The van der Waals surface area contributed by atoms with Crippen molar-refractivity contribution in [2.75, 3.05) is 19.0 Å². The summed E-state index contributed by atoms with van der Waals surface area (Å²) in [5, 5.41) is 5.66. The van der Waals surface area contributed by atoms with E-state index in [2.05, 4.69) is 10.6 Å². The van der Waals surface area contributed by atoms with Gasteiger partial charge in [-0.25, -0.2) is 9.59 Å². The number of rotatable bonds is 2. The van der Waals surface area contributed by atoms with E-state index < -0.39 is 23.7 Å². The fraction of sp³-hybridized carbons (Fsp3) is 0.438. The topological polar surface area (TPSA) is 85.9 Å². The first-order valence-electron chi connectivity index (χ1n) is 7.35. The van der Waals surface area contributed by atoms with E-state index in [4.69, 9.17) is 26.4 Å². The summed E-state index contributed by atoms with van der Waals surface area (Å²) in [5.74, 6) is 0.0664. The summed E-state index contributed by atoms with van der Waals surface area (Å²) in [7, 11) is 1.31. The molecule has 0 saturated heterocycles. The fourth-order valence-electron chi connectivity index (χ4n) is 2.02. The number of alkyl carbamates (subject to hydrolysis) is 1. The lowest BCUT2D eigenvalue weighted by atomic mass is 10.2. The zero-order valence-corrected chi connectivity index (χ0v) is 14.8. The van der Waals surface area contributed by atoms with Crippen LogP contribution in [0.25, 0.3) is 0 Å². The van der Waals surface area contributed by atoms with Crippen LogP contribution in [-0.4, -0.2) is 42.4 Å². The Labute approximate surface area is 145 Å². The predicted octanol–water partition coefficient (Wildman–Crippen LogP) is 2.50. The van der Waals surface area contributed by atoms with Gasteiger partial charge in [-0.15, -0.1) is 0 Å². The van der Waals surface area contributed by atoms with Gasteiger partial charge in [0, 0.05) is 0 Å². The fourth-order valence-corrected chi connectivity index (χ4v) is 2.26. The first-order chi connectivity index (χ1) is 11.2. The molecule has 0 fully saturated rings. The molecule has 1 aromatic carbocycles. The molecule has 0 spiro atoms. The van der Waals surface area contributed by atoms with Gasteiger partial charge in [0.1, 0.15) is 29.0 Å². The van der Waals surface area contributed by atoms with Crippen molar-refractivity contribution in [1.82, 2.24) is 5.32 Å². The van der Waals surface area contributed by atoms with Crippen LogP contribution in [0.4, 0.5) is 10.5 Å². The molecule has 1 aliphatic rings. The van der Waals surface area contributed by atoms with Gasteiger partial charge in [0.2, 0.25) is 0 Å². The third-order valence-electron chi connectivity index (χ3n) is 3.07. The molecule has 1 heterocycles. The van der Waals surface area contributed by atoms with E-state index in [-0.39, 0.29) is 6.61 Å². The molecule has 0 unspecified atom stereocenters. The number of thiocarbonyl (C=S) groups is 1. The number of benzene rings is 1. The van der Waals surface area contributed by atoms with E-state index in [1.54, 1.807) is 39.0 Å². The van der Waals surface area contributed by atoms with Crippen LogP contribution in [0.3, 0.4) is 0 Å². The Morgan fingerprint density at radius 2 is 2.08 bits per heavy atom. The van der Waals surface area contributed by atoms with Crippen molar-refractivity contribution in [3.8, 4) is 5.75 Å². The van der Waals surface area contributed by atoms with Crippen molar-refractivity contribution in [2.45, 2.75) is 32.4 Å². The van der Waals surface area contributed by atoms with Gasteiger partial charge in [0.05, 0.1) is 18.4 Å². The van der Waals surface area contributed by atoms with Gasteiger partial charge in [-0.3, -0.25) is 0 Å². The first-order valence-corrected chi connectivity index (χ1v) is 7.76. The molecule has 0 aliphatic carbocycles. The molecule has 0 bridgehead atoms. The van der Waals surface area contributed by atoms with Crippen LogP contribution < -0.4 is 15.4 Å². The Bertz CT molecular complexity index is 669. The monoisotopic (exact) mass is 352 g/mol. The Morgan fingerprint density at radius 3 is 2.71 bits per heavy atom. The number of hydrogen-bond acceptors (Lipinski definition) is 6. The van der Waals surface area contributed by atoms with Crippen LogP contribution >= 0.6 is 12.2 Å². The third-order valence-corrected chi connectivity index (χ3v) is 3.46. The lowest BCUT2D eigenvalue weighted by Crippen LogP contribution is -2.47. The van der Waals surface area contributed by atoms with Crippen LogP contribution in [0.5, 0.6) is 5.75 Å². The minimum Gasteiger partial charge on any atom is -0.489 e. The molecule has 0 radical (unpaired) electrons. The molecule has 1 amide bonds. The van der Waals surface area contributed by atoms with E-state index in [1.807, 2.05) is 0 Å². The summed E-state index contributed by atoms with van der Waals surface area (Å²) in [6.45, 7) is 5.47. The molecule has 1 atom stereocenters. The van der Waals surface area contributed by atoms with Crippen molar-refractivity contribution in [3.05, 3.63) is 23.8 Å². The summed E-state index contributed by atoms with van der Waals surface area (Å²) in [5.41, 5.74) is 0.299. The molecule has 130 valence electrons. The summed E-state index contributed by atoms with van der Waals surface area (Å²) in [4.78, 5) is 23.9. The third kappa shape index (κ3) is 4.58. The highest BCUT2D eigenvalue weighted by molar-refractivity contribution is 7.80. The average Bonchev–Trinajstić information content (AvgIpc) is 2.63. The number of esters is 1. The molecule has 1 aromatic rings. The van der Waals surface area contributed by atoms with Crippen LogP contribution in [0, 0.1) is 0 Å². The Hall–Kier alpha value is -2.35. The number of ether oxygens (including phenoxy) is 3. The second-order valence-corrected chi connectivity index (χ2v) is 6.64. The number of nitrogens with one attached hydrogen (secondary N) is 2. The van der Waals surface area contributed by atoms with Crippen LogP contribution in [0.2, 0.25) is 0 Å². The number of methoxy groups -OCH3 is 1. The Morgan fingerprint density at radius 1 is 1.38 bits per heavy atom. The highest BCUT2D eigenvalue weighted by Gasteiger charge is 2.26. The number of anilines is 1. The Balaban J connectivity index is 2.11. The SMILES string of the molecule is COC(=O)c1ccc2c(c1)NC(=S)[C@@H](NC(=O)OC(C)(C)C)CO2. The number of hydrogen-bond donors (Lipinski definition) is 2. The van der Waals surface area contributed by atoms with E-state index in [9.17, 15) is 9.59 Å². The Kier molecular flexibility index (Phi) is 5.28. The van der Waals surface area contributed by atoms with Gasteiger partial charge in [-0.05, 0) is 39.0 Å². The molecular formula is C16H20N2O5S. The summed E-state index contributed by atoms with van der Waals surface area (Å²) >= 11 is 5.31. The molecule has 0 saturated carbocycles. The van der Waals surface area contributed by atoms with Gasteiger partial charge in [0.25, 0.3) is 0 Å². The summed E-state index contributed by atoms with van der Waals surface area (Å²) < 4.78 is 15.6. The standard InChI is InChI=1S/C16H20N2O5S/c1-16(2,3)23-15(20)18-11-8-22-12-6-5-9(14(19)21-4)7-10(12)17-13(11)24/h5-7,11H,8H2,1-4H3,(H,17,24)(H,18,20)/t11-/m0/s1. The van der Waals surface area contributed by atoms with Crippen molar-refractivity contribution < 1.29 is 23.8 Å². The number of carbonyl (C=O) groups is 2. The van der Waals surface area contributed by atoms with Crippen LogP contribution in [-0.2, 0) is 9.47 Å². The van der Waals surface area contributed by atoms with Gasteiger partial charge in [0.15, 0.2) is 0 Å². The van der Waals surface area contributed by atoms with Gasteiger partial charge < -0.3 is 24.8 Å². The van der Waals surface area contributed by atoms with Crippen molar-refractivity contribution in [2.24, 2.45) is 0 Å². The van der Waals surface area contributed by atoms with Crippen molar-refractivity contribution in [1.29, 1.82) is 0 Å². The quantitative estimate of drug-likeness (QED) is 0.625. The van der Waals surface area contributed by atoms with Crippen LogP contribution in [0.15, 0.2) is 18.2 Å². The normalized spacial score (nSPS) is 16.8. The van der Waals surface area contributed by atoms with Crippen LogP contribution in [0.1, 0.15) is 31.1 Å². The number of carbonyl (C=O) groups excluding carboxylic acids is 2. The minimum absolute atomic E-state index is 0.148. The molecule has 7 nitrogen and oxygen atoms in total. The lowest BCUT2D eigenvalue weighted by molar-refractivity contribution is 0.0506. The highest BCUT2D eigenvalue weighted by Crippen LogP contribution is 2.28. The number of amides is 1. The van der Waals surface area contributed by atoms with E-state index in [0.717, 1.165) is 0 Å². The number of fused-ring (bicyclic) bond motifs is 1. The second-order valence-electron chi connectivity index (χ2n) is 6.20. The molecule has 2 N–H and O–H groups in total. The van der Waals surface area contributed by atoms with E-state index in [0.29, 0.717) is 22.0 Å². The van der Waals surface area contributed by atoms with Crippen molar-refractivity contribution in [3.63, 3.8) is 0 Å². The second kappa shape index (κ2) is 7.04. The van der Waals surface area contributed by atoms with Gasteiger partial charge >= 0.3 is 12.1 Å². The van der Waals surface area contributed by atoms with E-state index in [1.165, 1.54) is 7.11 Å². The largest absolute Gasteiger partial charge is 0.489 e. The average molecular weight is 352 g/mol. The zero-order chi connectivity index (χ0) is 17.9. The maximum absolute atomic E-state index is 11.9. The van der Waals surface area contributed by atoms with Gasteiger partial charge in [-0.1, -0.05) is 12.2 Å². The first kappa shape index (κ1) is 18.0. The smallest absolute Gasteiger partial charge is 0.408 e. The predicted molar refractivity (Wildman–Crippen MR) is 92.7 cm³/mol. The molecule has 8 heteroatoms. The molecular weight excluding hydrogens is 332 g/mol. The summed E-state index contributed by atoms with van der Waals surface area (Å²) in [6.07, 6.45) is -0.582. The lowest BCUT2D eigenvalue weighted by Gasteiger charge is -2.22. The van der Waals surface area contributed by atoms with Crippen molar-refractivity contribution >= 4 is 35.0 Å². The molecule has 24 heavy (non-hydrogen) atoms. The van der Waals surface area contributed by atoms with Gasteiger partial charge in [-0.2, -0.15) is 0 Å².